The van der Waals surface area contributed by atoms with Gasteiger partial charge in [-0.3, -0.25) is 0 Å². The molecule has 1 atom stereocenters. The smallest absolute Gasteiger partial charge is 0.183 e. The molecule has 1 aliphatic heterocycles. The van der Waals surface area contributed by atoms with Crippen molar-refractivity contribution in [2.24, 2.45) is 5.92 Å². The highest BCUT2D eigenvalue weighted by atomic mass is 19.1. The van der Waals surface area contributed by atoms with Crippen molar-refractivity contribution in [1.82, 2.24) is 0 Å². The number of halogens is 1. The third kappa shape index (κ3) is 3.56. The second-order valence-corrected chi connectivity index (χ2v) is 5.80. The summed E-state index contributed by atoms with van der Waals surface area (Å²) >= 11 is 0. The van der Waals surface area contributed by atoms with E-state index in [9.17, 15) is 4.39 Å². The van der Waals surface area contributed by atoms with Gasteiger partial charge >= 0.3 is 0 Å². The normalized spacial score (nSPS) is 22.1. The molecular formula is C20H21FO3. The second kappa shape index (κ2) is 7.71. The van der Waals surface area contributed by atoms with E-state index in [4.69, 9.17) is 14.2 Å². The number of hydrogen-bond acceptors (Lipinski definition) is 3. The van der Waals surface area contributed by atoms with E-state index in [1.807, 2.05) is 30.3 Å². The average Bonchev–Trinajstić information content (AvgIpc) is 2.64. The Morgan fingerprint density at radius 1 is 1.12 bits per heavy atom. The van der Waals surface area contributed by atoms with Gasteiger partial charge < -0.3 is 14.2 Å². The molecule has 3 nitrogen and oxygen atoms in total. The van der Waals surface area contributed by atoms with Gasteiger partial charge in [0, 0.05) is 24.2 Å². The first-order valence-electron chi connectivity index (χ1n) is 7.95. The van der Waals surface area contributed by atoms with Gasteiger partial charge in [0.2, 0.25) is 0 Å². The van der Waals surface area contributed by atoms with Crippen LogP contribution in [0.2, 0.25) is 0 Å². The van der Waals surface area contributed by atoms with Crippen molar-refractivity contribution in [3.63, 3.8) is 0 Å². The first-order chi connectivity index (χ1) is 11.7. The summed E-state index contributed by atoms with van der Waals surface area (Å²) in [7, 11) is 1.58. The SMILES string of the molecule is C=C[C@H]1CO[C@H](c2ccc(C(OC)c3ccccc3F)cc2)OC1. The summed E-state index contributed by atoms with van der Waals surface area (Å²) in [6.45, 7) is 4.96. The lowest BCUT2D eigenvalue weighted by Gasteiger charge is -2.28. The number of hydrogen-bond donors (Lipinski definition) is 0. The first kappa shape index (κ1) is 16.8. The molecule has 126 valence electrons. The van der Waals surface area contributed by atoms with Gasteiger partial charge in [0.15, 0.2) is 6.29 Å². The summed E-state index contributed by atoms with van der Waals surface area (Å²) in [5, 5.41) is 0. The highest BCUT2D eigenvalue weighted by Crippen LogP contribution is 2.30. The van der Waals surface area contributed by atoms with E-state index in [0.717, 1.165) is 11.1 Å². The van der Waals surface area contributed by atoms with Crippen molar-refractivity contribution in [2.45, 2.75) is 12.4 Å². The maximum Gasteiger partial charge on any atom is 0.183 e. The van der Waals surface area contributed by atoms with Crippen LogP contribution in [-0.4, -0.2) is 20.3 Å². The predicted molar refractivity (Wildman–Crippen MR) is 90.0 cm³/mol. The largest absolute Gasteiger partial charge is 0.372 e. The van der Waals surface area contributed by atoms with Gasteiger partial charge in [0.05, 0.1) is 13.2 Å². The topological polar surface area (TPSA) is 27.7 Å². The quantitative estimate of drug-likeness (QED) is 0.761. The fourth-order valence-electron chi connectivity index (χ4n) is 2.81. The van der Waals surface area contributed by atoms with Gasteiger partial charge in [-0.1, -0.05) is 48.5 Å². The third-order valence-electron chi connectivity index (χ3n) is 4.19. The molecule has 1 saturated heterocycles. The summed E-state index contributed by atoms with van der Waals surface area (Å²) in [6.07, 6.45) is 1.03. The lowest BCUT2D eigenvalue weighted by molar-refractivity contribution is -0.197. The number of rotatable bonds is 5. The van der Waals surface area contributed by atoms with Crippen molar-refractivity contribution in [3.05, 3.63) is 83.7 Å². The van der Waals surface area contributed by atoms with Crippen LogP contribution in [-0.2, 0) is 14.2 Å². The van der Waals surface area contributed by atoms with Crippen LogP contribution in [0.4, 0.5) is 4.39 Å². The Labute approximate surface area is 141 Å². The third-order valence-corrected chi connectivity index (χ3v) is 4.19. The first-order valence-corrected chi connectivity index (χ1v) is 7.95. The molecule has 1 heterocycles. The Kier molecular flexibility index (Phi) is 5.41. The summed E-state index contributed by atoms with van der Waals surface area (Å²) in [6, 6.07) is 14.4. The number of ether oxygens (including phenoxy) is 3. The summed E-state index contributed by atoms with van der Waals surface area (Å²) in [4.78, 5) is 0. The molecule has 1 fully saturated rings. The summed E-state index contributed by atoms with van der Waals surface area (Å²) < 4.78 is 31.0. The van der Waals surface area contributed by atoms with E-state index in [2.05, 4.69) is 6.58 Å². The van der Waals surface area contributed by atoms with Gasteiger partial charge in [0.25, 0.3) is 0 Å². The van der Waals surface area contributed by atoms with E-state index in [1.165, 1.54) is 6.07 Å². The second-order valence-electron chi connectivity index (χ2n) is 5.80. The molecule has 0 N–H and O–H groups in total. The van der Waals surface area contributed by atoms with Crippen LogP contribution in [0, 0.1) is 11.7 Å². The Bertz CT molecular complexity index is 676. The molecule has 24 heavy (non-hydrogen) atoms. The van der Waals surface area contributed by atoms with Gasteiger partial charge in [0.1, 0.15) is 11.9 Å². The molecule has 1 unspecified atom stereocenters. The van der Waals surface area contributed by atoms with Gasteiger partial charge in [-0.15, -0.1) is 6.58 Å². The summed E-state index contributed by atoms with van der Waals surface area (Å²) in [5.41, 5.74) is 2.34. The fraction of sp³-hybridized carbons (Fsp3) is 0.300. The minimum Gasteiger partial charge on any atom is -0.372 e. The predicted octanol–water partition coefficient (Wildman–Crippen LogP) is 4.41. The van der Waals surface area contributed by atoms with Crippen LogP contribution in [0.3, 0.4) is 0 Å². The fourth-order valence-corrected chi connectivity index (χ4v) is 2.81. The zero-order chi connectivity index (χ0) is 16.9. The zero-order valence-electron chi connectivity index (χ0n) is 13.7. The maximum absolute atomic E-state index is 14.0. The van der Waals surface area contributed by atoms with Crippen molar-refractivity contribution < 1.29 is 18.6 Å². The van der Waals surface area contributed by atoms with E-state index in [-0.39, 0.29) is 18.0 Å². The average molecular weight is 328 g/mol. The van der Waals surface area contributed by atoms with Crippen molar-refractivity contribution in [3.8, 4) is 0 Å². The molecule has 3 rings (SSSR count). The molecule has 0 saturated carbocycles. The molecule has 2 aromatic rings. The van der Waals surface area contributed by atoms with Crippen LogP contribution >= 0.6 is 0 Å². The zero-order valence-corrected chi connectivity index (χ0v) is 13.7. The molecule has 0 aromatic heterocycles. The highest BCUT2D eigenvalue weighted by molar-refractivity contribution is 5.33. The van der Waals surface area contributed by atoms with Crippen LogP contribution in [0.25, 0.3) is 0 Å². The lowest BCUT2D eigenvalue weighted by Crippen LogP contribution is -2.25. The van der Waals surface area contributed by atoms with Crippen molar-refractivity contribution in [1.29, 1.82) is 0 Å². The lowest BCUT2D eigenvalue weighted by atomic mass is 9.99. The Morgan fingerprint density at radius 3 is 2.38 bits per heavy atom. The van der Waals surface area contributed by atoms with E-state index >= 15 is 0 Å². The monoisotopic (exact) mass is 328 g/mol. The van der Waals surface area contributed by atoms with Crippen LogP contribution in [0.15, 0.2) is 61.2 Å². The number of methoxy groups -OCH3 is 1. The summed E-state index contributed by atoms with van der Waals surface area (Å²) in [5.74, 6) is -0.0395. The maximum atomic E-state index is 14.0. The molecule has 4 heteroatoms. The minimum atomic E-state index is -0.446. The Hall–Kier alpha value is -2.01. The van der Waals surface area contributed by atoms with Gasteiger partial charge in [-0.2, -0.15) is 0 Å². The molecule has 0 spiro atoms. The Morgan fingerprint density at radius 2 is 1.79 bits per heavy atom. The highest BCUT2D eigenvalue weighted by Gasteiger charge is 2.23. The van der Waals surface area contributed by atoms with E-state index in [1.54, 1.807) is 25.3 Å². The van der Waals surface area contributed by atoms with Crippen LogP contribution in [0.1, 0.15) is 29.1 Å². The van der Waals surface area contributed by atoms with Crippen molar-refractivity contribution in [2.75, 3.05) is 20.3 Å². The van der Waals surface area contributed by atoms with Crippen LogP contribution in [0.5, 0.6) is 0 Å². The van der Waals surface area contributed by atoms with E-state index < -0.39 is 6.10 Å². The molecule has 0 aliphatic carbocycles. The molecule has 2 aromatic carbocycles. The standard InChI is InChI=1S/C20H21FO3/c1-3-14-12-23-20(24-13-14)16-10-8-15(9-11-16)19(22-2)17-6-4-5-7-18(17)21/h3-11,14,19-20H,1,12-13H2,2H3/t14-,19?,20-. The number of benzene rings is 2. The molecule has 0 radical (unpaired) electrons. The van der Waals surface area contributed by atoms with Gasteiger partial charge in [-0.05, 0) is 11.6 Å². The van der Waals surface area contributed by atoms with E-state index in [0.29, 0.717) is 18.8 Å². The molecule has 1 aliphatic rings. The van der Waals surface area contributed by atoms with Crippen molar-refractivity contribution >= 4 is 0 Å². The van der Waals surface area contributed by atoms with Crippen LogP contribution < -0.4 is 0 Å². The minimum absolute atomic E-state index is 0.236. The van der Waals surface area contributed by atoms with Gasteiger partial charge in [-0.25, -0.2) is 4.39 Å². The Balaban J connectivity index is 1.76. The molecule has 0 amide bonds. The molecular weight excluding hydrogens is 307 g/mol. The molecule has 0 bridgehead atoms.